The highest BCUT2D eigenvalue weighted by molar-refractivity contribution is 6.30. The number of anilines is 1. The molecule has 6 heteroatoms. The third-order valence-corrected chi connectivity index (χ3v) is 3.27. The Hall–Kier alpha value is -2.27. The SMILES string of the molecule is N/C(=N/O)C(CNc1cc(F)cc(Cl)c1)c1ccccc1. The van der Waals surface area contributed by atoms with Gasteiger partial charge in [0.1, 0.15) is 11.7 Å². The van der Waals surface area contributed by atoms with Crippen LogP contribution in [0.3, 0.4) is 0 Å². The molecule has 0 spiro atoms. The molecule has 2 rings (SSSR count). The van der Waals surface area contributed by atoms with E-state index in [2.05, 4.69) is 10.5 Å². The van der Waals surface area contributed by atoms with Gasteiger partial charge < -0.3 is 16.3 Å². The molecule has 4 nitrogen and oxygen atoms in total. The van der Waals surface area contributed by atoms with Crippen molar-refractivity contribution in [2.24, 2.45) is 10.9 Å². The molecule has 0 aliphatic carbocycles. The Morgan fingerprint density at radius 2 is 2.00 bits per heavy atom. The standard InChI is InChI=1S/C15H15ClFN3O/c16-11-6-12(17)8-13(7-11)19-9-14(15(18)20-21)10-4-2-1-3-5-10/h1-8,14,19,21H,9H2,(H2,18,20). The van der Waals surface area contributed by atoms with Crippen LogP contribution in [0.2, 0.25) is 5.02 Å². The monoisotopic (exact) mass is 307 g/mol. The van der Waals surface area contributed by atoms with Crippen molar-refractivity contribution in [3.8, 4) is 0 Å². The molecule has 0 amide bonds. The average Bonchev–Trinajstić information content (AvgIpc) is 2.47. The second-order valence-electron chi connectivity index (χ2n) is 4.53. The second kappa shape index (κ2) is 6.95. The summed E-state index contributed by atoms with van der Waals surface area (Å²) < 4.78 is 13.3. The molecule has 0 bridgehead atoms. The molecule has 1 unspecified atom stereocenters. The number of oxime groups is 1. The fourth-order valence-electron chi connectivity index (χ4n) is 2.02. The van der Waals surface area contributed by atoms with Crippen LogP contribution >= 0.6 is 11.6 Å². The van der Waals surface area contributed by atoms with Gasteiger partial charge in [0.15, 0.2) is 0 Å². The van der Waals surface area contributed by atoms with Crippen molar-refractivity contribution in [3.05, 3.63) is 64.9 Å². The molecular formula is C15H15ClFN3O. The summed E-state index contributed by atoms with van der Waals surface area (Å²) in [6.45, 7) is 0.347. The summed E-state index contributed by atoms with van der Waals surface area (Å²) in [4.78, 5) is 0. The van der Waals surface area contributed by atoms with E-state index in [0.717, 1.165) is 5.56 Å². The van der Waals surface area contributed by atoms with Crippen molar-refractivity contribution in [3.63, 3.8) is 0 Å². The molecule has 0 radical (unpaired) electrons. The highest BCUT2D eigenvalue weighted by Crippen LogP contribution is 2.21. The molecule has 4 N–H and O–H groups in total. The maximum atomic E-state index is 13.3. The fraction of sp³-hybridized carbons (Fsp3) is 0.133. The van der Waals surface area contributed by atoms with Gasteiger partial charge in [0.05, 0.1) is 5.92 Å². The lowest BCUT2D eigenvalue weighted by molar-refractivity contribution is 0.316. The zero-order chi connectivity index (χ0) is 15.2. The quantitative estimate of drug-likeness (QED) is 0.343. The Morgan fingerprint density at radius 1 is 1.29 bits per heavy atom. The first-order valence-corrected chi connectivity index (χ1v) is 6.70. The Kier molecular flexibility index (Phi) is 5.00. The number of hydrogen-bond donors (Lipinski definition) is 3. The summed E-state index contributed by atoms with van der Waals surface area (Å²) in [7, 11) is 0. The molecule has 1 atom stereocenters. The van der Waals surface area contributed by atoms with Crippen LogP contribution in [-0.4, -0.2) is 17.6 Å². The van der Waals surface area contributed by atoms with E-state index in [1.807, 2.05) is 30.3 Å². The van der Waals surface area contributed by atoms with Crippen molar-refractivity contribution >= 4 is 23.1 Å². The predicted molar refractivity (Wildman–Crippen MR) is 82.5 cm³/mol. The van der Waals surface area contributed by atoms with Gasteiger partial charge in [-0.15, -0.1) is 0 Å². The smallest absolute Gasteiger partial charge is 0.148 e. The lowest BCUT2D eigenvalue weighted by atomic mass is 9.98. The lowest BCUT2D eigenvalue weighted by Gasteiger charge is -2.17. The van der Waals surface area contributed by atoms with E-state index in [1.165, 1.54) is 12.1 Å². The number of hydrogen-bond acceptors (Lipinski definition) is 3. The molecule has 0 saturated carbocycles. The van der Waals surface area contributed by atoms with Crippen LogP contribution in [0.4, 0.5) is 10.1 Å². The van der Waals surface area contributed by atoms with Crippen molar-refractivity contribution in [2.75, 3.05) is 11.9 Å². The molecule has 110 valence electrons. The van der Waals surface area contributed by atoms with E-state index in [-0.39, 0.29) is 11.8 Å². The number of amidine groups is 1. The van der Waals surface area contributed by atoms with Gasteiger partial charge in [-0.05, 0) is 23.8 Å². The molecule has 2 aromatic rings. The van der Waals surface area contributed by atoms with E-state index in [1.54, 1.807) is 6.07 Å². The second-order valence-corrected chi connectivity index (χ2v) is 4.96. The van der Waals surface area contributed by atoms with Gasteiger partial charge in [-0.3, -0.25) is 0 Å². The Morgan fingerprint density at radius 3 is 2.62 bits per heavy atom. The molecule has 21 heavy (non-hydrogen) atoms. The summed E-state index contributed by atoms with van der Waals surface area (Å²) in [6, 6.07) is 13.5. The number of nitrogens with one attached hydrogen (secondary N) is 1. The van der Waals surface area contributed by atoms with Crippen LogP contribution in [0.15, 0.2) is 53.7 Å². The summed E-state index contributed by atoms with van der Waals surface area (Å²) >= 11 is 5.80. The molecular weight excluding hydrogens is 293 g/mol. The molecule has 0 aromatic heterocycles. The van der Waals surface area contributed by atoms with Crippen LogP contribution in [0.5, 0.6) is 0 Å². The first kappa shape index (κ1) is 15.1. The van der Waals surface area contributed by atoms with Crippen LogP contribution in [0, 0.1) is 5.82 Å². The normalized spacial score (nSPS) is 13.0. The van der Waals surface area contributed by atoms with Gasteiger partial charge in [-0.2, -0.15) is 0 Å². The van der Waals surface area contributed by atoms with E-state index in [4.69, 9.17) is 22.5 Å². The molecule has 2 aromatic carbocycles. The van der Waals surface area contributed by atoms with Gasteiger partial charge in [0.25, 0.3) is 0 Å². The van der Waals surface area contributed by atoms with Gasteiger partial charge in [-0.25, -0.2) is 4.39 Å². The average molecular weight is 308 g/mol. The highest BCUT2D eigenvalue weighted by Gasteiger charge is 2.16. The molecule has 0 fully saturated rings. The number of rotatable bonds is 5. The number of benzene rings is 2. The third kappa shape index (κ3) is 4.10. The van der Waals surface area contributed by atoms with Crippen LogP contribution in [-0.2, 0) is 0 Å². The van der Waals surface area contributed by atoms with Crippen molar-refractivity contribution in [2.45, 2.75) is 5.92 Å². The van der Waals surface area contributed by atoms with Gasteiger partial charge >= 0.3 is 0 Å². The van der Waals surface area contributed by atoms with Crippen LogP contribution in [0.1, 0.15) is 11.5 Å². The van der Waals surface area contributed by atoms with E-state index in [9.17, 15) is 4.39 Å². The maximum absolute atomic E-state index is 13.3. The fourth-order valence-corrected chi connectivity index (χ4v) is 2.25. The highest BCUT2D eigenvalue weighted by atomic mass is 35.5. The first-order valence-electron chi connectivity index (χ1n) is 6.32. The molecule has 0 saturated heterocycles. The minimum absolute atomic E-state index is 0.0798. The number of nitrogens with zero attached hydrogens (tertiary/aromatic N) is 1. The topological polar surface area (TPSA) is 70.6 Å². The van der Waals surface area contributed by atoms with Crippen molar-refractivity contribution < 1.29 is 9.60 Å². The van der Waals surface area contributed by atoms with E-state index >= 15 is 0 Å². The van der Waals surface area contributed by atoms with Crippen LogP contribution < -0.4 is 11.1 Å². The minimum atomic E-state index is -0.426. The van der Waals surface area contributed by atoms with E-state index < -0.39 is 5.82 Å². The Balaban J connectivity index is 2.17. The van der Waals surface area contributed by atoms with E-state index in [0.29, 0.717) is 17.3 Å². The van der Waals surface area contributed by atoms with Crippen molar-refractivity contribution in [1.29, 1.82) is 0 Å². The minimum Gasteiger partial charge on any atom is -0.409 e. The summed E-state index contributed by atoms with van der Waals surface area (Å²) in [6.07, 6.45) is 0. The van der Waals surface area contributed by atoms with Gasteiger partial charge in [0.2, 0.25) is 0 Å². The summed E-state index contributed by atoms with van der Waals surface area (Å²) in [5.41, 5.74) is 7.16. The van der Waals surface area contributed by atoms with Gasteiger partial charge in [-0.1, -0.05) is 47.1 Å². The largest absolute Gasteiger partial charge is 0.409 e. The third-order valence-electron chi connectivity index (χ3n) is 3.05. The zero-order valence-corrected chi connectivity index (χ0v) is 11.9. The lowest BCUT2D eigenvalue weighted by Crippen LogP contribution is -2.28. The van der Waals surface area contributed by atoms with Crippen LogP contribution in [0.25, 0.3) is 0 Å². The predicted octanol–water partition coefficient (Wildman–Crippen LogP) is 3.42. The number of halogens is 2. The van der Waals surface area contributed by atoms with Gasteiger partial charge in [0, 0.05) is 17.3 Å². The Bertz CT molecular complexity index is 614. The summed E-state index contributed by atoms with van der Waals surface area (Å²) in [5, 5.41) is 15.3. The zero-order valence-electron chi connectivity index (χ0n) is 11.1. The number of nitrogens with two attached hydrogens (primary N) is 1. The molecule has 0 aliphatic rings. The Labute approximate surface area is 127 Å². The summed E-state index contributed by atoms with van der Waals surface area (Å²) in [5.74, 6) is -0.681. The first-order chi connectivity index (χ1) is 10.1. The maximum Gasteiger partial charge on any atom is 0.148 e. The molecule has 0 aliphatic heterocycles. The molecule has 0 heterocycles. The van der Waals surface area contributed by atoms with Crippen molar-refractivity contribution in [1.82, 2.24) is 0 Å².